The molecule has 0 radical (unpaired) electrons. The zero-order valence-corrected chi connectivity index (χ0v) is 8.19. The van der Waals surface area contributed by atoms with E-state index in [1.807, 2.05) is 0 Å². The number of carbonyl (C=O) groups is 1. The van der Waals surface area contributed by atoms with E-state index < -0.39 is 5.91 Å². The van der Waals surface area contributed by atoms with Gasteiger partial charge < -0.3 is 10.8 Å². The van der Waals surface area contributed by atoms with Crippen LogP contribution in [0, 0.1) is 0 Å². The second-order valence-electron chi connectivity index (χ2n) is 2.16. The van der Waals surface area contributed by atoms with E-state index in [0.717, 1.165) is 0 Å². The molecule has 3 N–H and O–H groups in total. The third-order valence-corrected chi connectivity index (χ3v) is 2.54. The Labute approximate surface area is 82.3 Å². The molecule has 0 spiro atoms. The van der Waals surface area contributed by atoms with Crippen molar-refractivity contribution in [3.8, 4) is 5.75 Å². The van der Waals surface area contributed by atoms with E-state index in [0.29, 0.717) is 4.47 Å². The van der Waals surface area contributed by atoms with E-state index in [4.69, 9.17) is 22.4 Å². The number of carbonyl (C=O) groups excluding carboxylic acids is 1. The van der Waals surface area contributed by atoms with Gasteiger partial charge in [-0.3, -0.25) is 4.79 Å². The normalized spacial score (nSPS) is 9.83. The van der Waals surface area contributed by atoms with Crippen molar-refractivity contribution in [1.82, 2.24) is 0 Å². The summed E-state index contributed by atoms with van der Waals surface area (Å²) in [4.78, 5) is 10.7. The zero-order valence-electron chi connectivity index (χ0n) is 5.84. The Kier molecular flexibility index (Phi) is 2.59. The van der Waals surface area contributed by atoms with Crippen molar-refractivity contribution in [1.29, 1.82) is 0 Å². The summed E-state index contributed by atoms with van der Waals surface area (Å²) in [5.74, 6) is -0.775. The molecule has 1 aromatic carbocycles. The topological polar surface area (TPSA) is 63.3 Å². The molecule has 0 atom stereocenters. The van der Waals surface area contributed by atoms with Gasteiger partial charge in [-0.1, -0.05) is 11.6 Å². The molecule has 1 amide bonds. The number of hydrogen-bond acceptors (Lipinski definition) is 2. The highest BCUT2D eigenvalue weighted by atomic mass is 79.9. The van der Waals surface area contributed by atoms with Gasteiger partial charge in [0, 0.05) is 10.0 Å². The third kappa shape index (κ3) is 1.70. The summed E-state index contributed by atoms with van der Waals surface area (Å²) < 4.78 is 0.443. The standard InChI is InChI=1S/C7H5BrClNO2/c8-4-1-3(7(10)12)2-5(11)6(4)9/h1-2,11H,(H2,10,12). The molecule has 0 saturated carbocycles. The fourth-order valence-corrected chi connectivity index (χ4v) is 1.28. The molecule has 3 nitrogen and oxygen atoms in total. The van der Waals surface area contributed by atoms with Gasteiger partial charge in [-0.2, -0.15) is 0 Å². The smallest absolute Gasteiger partial charge is 0.248 e. The molecule has 0 unspecified atom stereocenters. The van der Waals surface area contributed by atoms with Crippen LogP contribution in [0.2, 0.25) is 5.02 Å². The molecule has 0 aromatic heterocycles. The minimum Gasteiger partial charge on any atom is -0.506 e. The summed E-state index contributed by atoms with van der Waals surface area (Å²) in [6, 6.07) is 2.67. The third-order valence-electron chi connectivity index (χ3n) is 1.29. The van der Waals surface area contributed by atoms with Gasteiger partial charge in [-0.05, 0) is 28.1 Å². The van der Waals surface area contributed by atoms with Gasteiger partial charge in [0.1, 0.15) is 5.75 Å². The molecule has 0 aliphatic heterocycles. The fraction of sp³-hybridized carbons (Fsp3) is 0. The molecule has 64 valence electrons. The first-order valence-corrected chi connectivity index (χ1v) is 4.17. The highest BCUT2D eigenvalue weighted by Gasteiger charge is 2.08. The van der Waals surface area contributed by atoms with Crippen LogP contribution in [-0.4, -0.2) is 11.0 Å². The van der Waals surface area contributed by atoms with Crippen molar-refractivity contribution in [2.75, 3.05) is 0 Å². The summed E-state index contributed by atoms with van der Waals surface area (Å²) in [6.07, 6.45) is 0. The predicted octanol–water partition coefficient (Wildman–Crippen LogP) is 1.91. The number of nitrogens with two attached hydrogens (primary N) is 1. The first kappa shape index (κ1) is 9.35. The second-order valence-corrected chi connectivity index (χ2v) is 3.39. The maximum Gasteiger partial charge on any atom is 0.248 e. The summed E-state index contributed by atoms with van der Waals surface area (Å²) in [5.41, 5.74) is 5.20. The summed E-state index contributed by atoms with van der Waals surface area (Å²) in [7, 11) is 0. The van der Waals surface area contributed by atoms with Gasteiger partial charge in [-0.15, -0.1) is 0 Å². The quantitative estimate of drug-likeness (QED) is 0.800. The number of halogens is 2. The SMILES string of the molecule is NC(=O)c1cc(O)c(Cl)c(Br)c1. The molecule has 0 aliphatic rings. The minimum atomic E-state index is -0.609. The average Bonchev–Trinajstić information content (AvgIpc) is 1.99. The molecule has 0 bridgehead atoms. The van der Waals surface area contributed by atoms with Crippen molar-refractivity contribution < 1.29 is 9.90 Å². The Morgan fingerprint density at radius 3 is 2.58 bits per heavy atom. The molecular formula is C7H5BrClNO2. The number of benzene rings is 1. The minimum absolute atomic E-state index is 0.167. The van der Waals surface area contributed by atoms with Crippen LogP contribution in [0.5, 0.6) is 5.75 Å². The van der Waals surface area contributed by atoms with Crippen molar-refractivity contribution in [3.05, 3.63) is 27.2 Å². The highest BCUT2D eigenvalue weighted by molar-refractivity contribution is 9.10. The van der Waals surface area contributed by atoms with Crippen molar-refractivity contribution >= 4 is 33.4 Å². The molecule has 0 heterocycles. The summed E-state index contributed by atoms with van der Waals surface area (Å²) in [6.45, 7) is 0. The number of phenolic OH excluding ortho intramolecular Hbond substituents is 1. The number of amides is 1. The molecular weight excluding hydrogens is 245 g/mol. The molecule has 1 rings (SSSR count). The number of primary amides is 1. The number of hydrogen-bond donors (Lipinski definition) is 2. The largest absolute Gasteiger partial charge is 0.506 e. The monoisotopic (exact) mass is 249 g/mol. The molecule has 12 heavy (non-hydrogen) atoms. The van der Waals surface area contributed by atoms with Crippen LogP contribution < -0.4 is 5.73 Å². The van der Waals surface area contributed by atoms with Crippen LogP contribution in [0.15, 0.2) is 16.6 Å². The molecule has 1 aromatic rings. The van der Waals surface area contributed by atoms with Gasteiger partial charge in [0.15, 0.2) is 0 Å². The lowest BCUT2D eigenvalue weighted by Crippen LogP contribution is -2.10. The van der Waals surface area contributed by atoms with E-state index in [9.17, 15) is 4.79 Å². The van der Waals surface area contributed by atoms with E-state index in [1.54, 1.807) is 0 Å². The van der Waals surface area contributed by atoms with Crippen LogP contribution in [0.4, 0.5) is 0 Å². The van der Waals surface area contributed by atoms with Crippen LogP contribution in [0.25, 0.3) is 0 Å². The summed E-state index contributed by atoms with van der Waals surface area (Å²) >= 11 is 8.67. The van der Waals surface area contributed by atoms with E-state index >= 15 is 0 Å². The fourth-order valence-electron chi connectivity index (χ4n) is 0.717. The van der Waals surface area contributed by atoms with Gasteiger partial charge >= 0.3 is 0 Å². The lowest BCUT2D eigenvalue weighted by molar-refractivity contribution is 0.1000. The van der Waals surface area contributed by atoms with Crippen molar-refractivity contribution in [3.63, 3.8) is 0 Å². The van der Waals surface area contributed by atoms with Crippen molar-refractivity contribution in [2.24, 2.45) is 5.73 Å². The van der Waals surface area contributed by atoms with E-state index in [1.165, 1.54) is 12.1 Å². The van der Waals surface area contributed by atoms with Crippen LogP contribution in [0.3, 0.4) is 0 Å². The Morgan fingerprint density at radius 2 is 2.17 bits per heavy atom. The van der Waals surface area contributed by atoms with Crippen LogP contribution in [0.1, 0.15) is 10.4 Å². The Morgan fingerprint density at radius 1 is 1.58 bits per heavy atom. The average molecular weight is 250 g/mol. The highest BCUT2D eigenvalue weighted by Crippen LogP contribution is 2.32. The molecule has 0 aliphatic carbocycles. The Bertz CT molecular complexity index is 317. The first-order valence-electron chi connectivity index (χ1n) is 3.00. The number of phenols is 1. The predicted molar refractivity (Wildman–Crippen MR) is 49.3 cm³/mol. The van der Waals surface area contributed by atoms with Gasteiger partial charge in [0.2, 0.25) is 5.91 Å². The van der Waals surface area contributed by atoms with E-state index in [-0.39, 0.29) is 16.3 Å². The Hall–Kier alpha value is -0.740. The zero-order chi connectivity index (χ0) is 9.30. The van der Waals surface area contributed by atoms with Crippen molar-refractivity contribution in [2.45, 2.75) is 0 Å². The number of aromatic hydroxyl groups is 1. The van der Waals surface area contributed by atoms with Gasteiger partial charge in [0.05, 0.1) is 5.02 Å². The maximum atomic E-state index is 10.7. The molecule has 5 heteroatoms. The number of rotatable bonds is 1. The maximum absolute atomic E-state index is 10.7. The summed E-state index contributed by atoms with van der Waals surface area (Å²) in [5, 5.41) is 9.33. The van der Waals surface area contributed by atoms with Crippen LogP contribution in [-0.2, 0) is 0 Å². The van der Waals surface area contributed by atoms with Gasteiger partial charge in [0.25, 0.3) is 0 Å². The second kappa shape index (κ2) is 3.33. The Balaban J connectivity index is 3.31. The van der Waals surface area contributed by atoms with Crippen LogP contribution >= 0.6 is 27.5 Å². The van der Waals surface area contributed by atoms with Gasteiger partial charge in [-0.25, -0.2) is 0 Å². The first-order chi connectivity index (χ1) is 5.52. The molecule has 0 saturated heterocycles. The van der Waals surface area contributed by atoms with E-state index in [2.05, 4.69) is 15.9 Å². The molecule has 0 fully saturated rings. The lowest BCUT2D eigenvalue weighted by Gasteiger charge is -2.01. The lowest BCUT2D eigenvalue weighted by atomic mass is 10.2.